The van der Waals surface area contributed by atoms with Gasteiger partial charge in [-0.05, 0) is 40.8 Å². The van der Waals surface area contributed by atoms with Crippen molar-refractivity contribution in [3.05, 3.63) is 50.4 Å². The van der Waals surface area contributed by atoms with E-state index in [1.54, 1.807) is 18.2 Å². The Hall–Kier alpha value is -1.21. The van der Waals surface area contributed by atoms with Crippen LogP contribution in [0.2, 0.25) is 5.02 Å². The summed E-state index contributed by atoms with van der Waals surface area (Å²) in [7, 11) is 1.52. The van der Waals surface area contributed by atoms with Gasteiger partial charge in [0.15, 0.2) is 5.78 Å². The molecule has 19 heavy (non-hydrogen) atoms. The summed E-state index contributed by atoms with van der Waals surface area (Å²) in [6.45, 7) is 0. The summed E-state index contributed by atoms with van der Waals surface area (Å²) in [5.41, 5.74) is 1.22. The molecule has 0 spiro atoms. The first-order valence-electron chi connectivity index (χ1n) is 5.43. The van der Waals surface area contributed by atoms with Crippen LogP contribution < -0.4 is 4.74 Å². The number of ether oxygens (including phenoxy) is 1. The summed E-state index contributed by atoms with van der Waals surface area (Å²) in [4.78, 5) is 20.2. The van der Waals surface area contributed by atoms with Crippen LogP contribution in [-0.2, 0) is 6.42 Å². The number of rotatable bonds is 4. The highest BCUT2D eigenvalue weighted by molar-refractivity contribution is 14.1. The van der Waals surface area contributed by atoms with Crippen molar-refractivity contribution in [2.75, 3.05) is 7.11 Å². The van der Waals surface area contributed by atoms with Crippen LogP contribution in [-0.4, -0.2) is 22.9 Å². The Bertz CT molecular complexity index is 619. The van der Waals surface area contributed by atoms with E-state index in [2.05, 4.69) is 32.6 Å². The lowest BCUT2D eigenvalue weighted by Crippen LogP contribution is -2.07. The fourth-order valence-corrected chi connectivity index (χ4v) is 2.36. The van der Waals surface area contributed by atoms with Gasteiger partial charge in [0, 0.05) is 20.2 Å². The minimum Gasteiger partial charge on any atom is -0.481 e. The summed E-state index contributed by atoms with van der Waals surface area (Å²) in [6.07, 6.45) is 1.57. The normalized spacial score (nSPS) is 10.3. The number of Topliss-reactive ketones (excluding diaryl/α,β-unsaturated/α-hetero) is 1. The van der Waals surface area contributed by atoms with Crippen LogP contribution in [0.5, 0.6) is 5.88 Å². The second-order valence-corrected chi connectivity index (χ2v) is 5.37. The molecule has 2 rings (SSSR count). The number of benzene rings is 1. The molecule has 98 valence electrons. The number of hydrogen-bond acceptors (Lipinski definition) is 4. The molecule has 0 N–H and O–H groups in total. The topological polar surface area (TPSA) is 52.1 Å². The molecule has 0 amide bonds. The highest BCUT2D eigenvalue weighted by Crippen LogP contribution is 2.20. The van der Waals surface area contributed by atoms with Crippen molar-refractivity contribution in [1.29, 1.82) is 0 Å². The third-order valence-electron chi connectivity index (χ3n) is 2.48. The van der Waals surface area contributed by atoms with E-state index in [4.69, 9.17) is 16.3 Å². The number of methoxy groups -OCH3 is 1. The third-order valence-corrected chi connectivity index (χ3v) is 3.65. The lowest BCUT2D eigenvalue weighted by molar-refractivity contribution is 0.0991. The quantitative estimate of drug-likeness (QED) is 0.596. The van der Waals surface area contributed by atoms with Gasteiger partial charge in [-0.3, -0.25) is 4.79 Å². The first kappa shape index (κ1) is 14.2. The Balaban J connectivity index is 2.23. The second kappa shape index (κ2) is 6.29. The van der Waals surface area contributed by atoms with Gasteiger partial charge < -0.3 is 4.74 Å². The molecule has 1 heterocycles. The van der Waals surface area contributed by atoms with E-state index in [9.17, 15) is 4.79 Å². The van der Waals surface area contributed by atoms with Crippen molar-refractivity contribution in [2.24, 2.45) is 0 Å². The second-order valence-electron chi connectivity index (χ2n) is 3.78. The van der Waals surface area contributed by atoms with Crippen LogP contribution in [0, 0.1) is 3.57 Å². The zero-order chi connectivity index (χ0) is 13.8. The Morgan fingerprint density at radius 2 is 2.16 bits per heavy atom. The zero-order valence-corrected chi connectivity index (χ0v) is 13.0. The van der Waals surface area contributed by atoms with Crippen molar-refractivity contribution >= 4 is 40.0 Å². The monoisotopic (exact) mass is 388 g/mol. The van der Waals surface area contributed by atoms with Crippen LogP contribution in [0.25, 0.3) is 0 Å². The Morgan fingerprint density at radius 3 is 2.89 bits per heavy atom. The molecule has 0 aliphatic heterocycles. The molecular weight excluding hydrogens is 379 g/mol. The van der Waals surface area contributed by atoms with Gasteiger partial charge in [0.2, 0.25) is 5.88 Å². The maximum Gasteiger partial charge on any atom is 0.216 e. The average molecular weight is 389 g/mol. The van der Waals surface area contributed by atoms with E-state index in [0.29, 0.717) is 22.2 Å². The number of nitrogens with zero attached hydrogens (tertiary/aromatic N) is 2. The van der Waals surface area contributed by atoms with Crippen molar-refractivity contribution in [3.63, 3.8) is 0 Å². The molecule has 0 saturated heterocycles. The predicted octanol–water partition coefficient (Wildman–Crippen LogP) is 3.17. The third kappa shape index (κ3) is 3.63. The molecule has 4 nitrogen and oxygen atoms in total. The fraction of sp³-hybridized carbons (Fsp3) is 0.154. The molecule has 0 aliphatic carbocycles. The molecule has 1 aromatic carbocycles. The van der Waals surface area contributed by atoms with E-state index in [1.165, 1.54) is 13.4 Å². The van der Waals surface area contributed by atoms with Crippen molar-refractivity contribution in [2.45, 2.75) is 6.42 Å². The molecule has 0 saturated carbocycles. The van der Waals surface area contributed by atoms with E-state index < -0.39 is 0 Å². The summed E-state index contributed by atoms with van der Waals surface area (Å²) >= 11 is 8.02. The number of carbonyl (C=O) groups is 1. The van der Waals surface area contributed by atoms with E-state index in [-0.39, 0.29) is 12.2 Å². The first-order chi connectivity index (χ1) is 9.10. The fourth-order valence-electron chi connectivity index (χ4n) is 1.56. The molecule has 0 radical (unpaired) electrons. The molecule has 0 unspecified atom stereocenters. The van der Waals surface area contributed by atoms with Crippen molar-refractivity contribution in [1.82, 2.24) is 9.97 Å². The largest absolute Gasteiger partial charge is 0.481 e. The Labute approximate surface area is 129 Å². The van der Waals surface area contributed by atoms with Crippen LogP contribution in [0.1, 0.15) is 16.1 Å². The smallest absolute Gasteiger partial charge is 0.216 e. The number of aromatic nitrogens is 2. The van der Waals surface area contributed by atoms with Crippen LogP contribution >= 0.6 is 34.2 Å². The highest BCUT2D eigenvalue weighted by atomic mass is 127. The predicted molar refractivity (Wildman–Crippen MR) is 80.8 cm³/mol. The summed E-state index contributed by atoms with van der Waals surface area (Å²) < 4.78 is 5.87. The zero-order valence-electron chi connectivity index (χ0n) is 10.1. The maximum absolute atomic E-state index is 12.2. The van der Waals surface area contributed by atoms with Gasteiger partial charge in [-0.1, -0.05) is 11.6 Å². The van der Waals surface area contributed by atoms with Gasteiger partial charge in [0.25, 0.3) is 0 Å². The minimum atomic E-state index is -0.0346. The molecule has 6 heteroatoms. The van der Waals surface area contributed by atoms with Gasteiger partial charge in [0.1, 0.15) is 6.33 Å². The van der Waals surface area contributed by atoms with Gasteiger partial charge in [-0.15, -0.1) is 0 Å². The van der Waals surface area contributed by atoms with Crippen LogP contribution in [0.15, 0.2) is 30.6 Å². The number of carbonyl (C=O) groups excluding carboxylic acids is 1. The lowest BCUT2D eigenvalue weighted by atomic mass is 10.1. The summed E-state index contributed by atoms with van der Waals surface area (Å²) in [6, 6.07) is 6.89. The molecule has 0 bridgehead atoms. The molecule has 1 aromatic heterocycles. The van der Waals surface area contributed by atoms with Gasteiger partial charge in [-0.2, -0.15) is 0 Å². The Kier molecular flexibility index (Phi) is 4.71. The number of halogens is 2. The van der Waals surface area contributed by atoms with Gasteiger partial charge in [0.05, 0.1) is 19.2 Å². The summed E-state index contributed by atoms with van der Waals surface area (Å²) in [5, 5.41) is 0.545. The summed E-state index contributed by atoms with van der Waals surface area (Å²) in [5.74, 6) is 0.409. The van der Waals surface area contributed by atoms with E-state index in [0.717, 1.165) is 3.57 Å². The van der Waals surface area contributed by atoms with Crippen LogP contribution in [0.4, 0.5) is 0 Å². The Morgan fingerprint density at radius 1 is 1.37 bits per heavy atom. The van der Waals surface area contributed by atoms with Gasteiger partial charge in [-0.25, -0.2) is 9.97 Å². The van der Waals surface area contributed by atoms with E-state index in [1.807, 2.05) is 6.07 Å². The highest BCUT2D eigenvalue weighted by Gasteiger charge is 2.13. The minimum absolute atomic E-state index is 0.0346. The SMILES string of the molecule is COc1cc(CC(=O)c2cc(Cl)ccc2I)ncn1. The molecule has 0 atom stereocenters. The van der Waals surface area contributed by atoms with E-state index >= 15 is 0 Å². The van der Waals surface area contributed by atoms with Crippen LogP contribution in [0.3, 0.4) is 0 Å². The van der Waals surface area contributed by atoms with Crippen molar-refractivity contribution < 1.29 is 9.53 Å². The van der Waals surface area contributed by atoms with Gasteiger partial charge >= 0.3 is 0 Å². The molecule has 2 aromatic rings. The molecule has 0 aliphatic rings. The van der Waals surface area contributed by atoms with Crippen molar-refractivity contribution in [3.8, 4) is 5.88 Å². The standard InChI is InChI=1S/C13H10ClIN2O2/c1-19-13-6-9(16-7-17-13)5-12(18)10-4-8(14)2-3-11(10)15/h2-4,6-7H,5H2,1H3. The first-order valence-corrected chi connectivity index (χ1v) is 6.89. The lowest BCUT2D eigenvalue weighted by Gasteiger charge is -2.05. The molecule has 0 fully saturated rings. The molecular formula is C13H10ClIN2O2. The maximum atomic E-state index is 12.2. The number of ketones is 1. The number of hydrogen-bond donors (Lipinski definition) is 0. The average Bonchev–Trinajstić information content (AvgIpc) is 2.41.